The van der Waals surface area contributed by atoms with Gasteiger partial charge in [0.2, 0.25) is 0 Å². The Morgan fingerprint density at radius 1 is 1.25 bits per heavy atom. The first-order valence-corrected chi connectivity index (χ1v) is 5.48. The van der Waals surface area contributed by atoms with E-state index in [1.807, 2.05) is 32.3 Å². The summed E-state index contributed by atoms with van der Waals surface area (Å²) in [4.78, 5) is 2.10. The van der Waals surface area contributed by atoms with Crippen molar-refractivity contribution in [3.63, 3.8) is 0 Å². The normalized spacial score (nSPS) is 16.2. The minimum absolute atomic E-state index is 0.218. The highest BCUT2D eigenvalue weighted by atomic mass is 16.6. The largest absolute Gasteiger partial charge is 0.486 e. The number of likely N-dealkylation sites (N-methyl/N-ethyl adjacent to an activating group) is 1. The van der Waals surface area contributed by atoms with E-state index in [0.717, 1.165) is 17.1 Å². The highest BCUT2D eigenvalue weighted by Crippen LogP contribution is 2.33. The van der Waals surface area contributed by atoms with Crippen LogP contribution < -0.4 is 15.2 Å². The summed E-state index contributed by atoms with van der Waals surface area (Å²) in [7, 11) is 4.04. The molecule has 0 saturated carbocycles. The van der Waals surface area contributed by atoms with Crippen LogP contribution in [0.5, 0.6) is 11.5 Å². The predicted molar refractivity (Wildman–Crippen MR) is 62.9 cm³/mol. The molecule has 1 aromatic carbocycles. The van der Waals surface area contributed by atoms with E-state index in [1.54, 1.807) is 0 Å². The molecule has 0 bridgehead atoms. The molecule has 1 atom stereocenters. The molecule has 1 aliphatic heterocycles. The summed E-state index contributed by atoms with van der Waals surface area (Å²) in [6.45, 7) is 1.83. The second-order valence-corrected chi connectivity index (χ2v) is 4.12. The molecule has 0 fully saturated rings. The number of nitrogens with two attached hydrogens (primary N) is 1. The lowest BCUT2D eigenvalue weighted by Crippen LogP contribution is -2.27. The molecule has 88 valence electrons. The fraction of sp³-hybridized carbons (Fsp3) is 0.500. The summed E-state index contributed by atoms with van der Waals surface area (Å²) in [6.07, 6.45) is 0. The van der Waals surface area contributed by atoms with E-state index in [1.165, 1.54) is 0 Å². The second-order valence-electron chi connectivity index (χ2n) is 4.12. The SMILES string of the molecule is CN(C)C(CN)c1ccc2c(c1)OCCO2. The van der Waals surface area contributed by atoms with Gasteiger partial charge in [-0.1, -0.05) is 6.07 Å². The third-order valence-electron chi connectivity index (χ3n) is 2.80. The molecule has 0 spiro atoms. The lowest BCUT2D eigenvalue weighted by molar-refractivity contribution is 0.171. The molecular weight excluding hydrogens is 204 g/mol. The number of ether oxygens (including phenoxy) is 2. The van der Waals surface area contributed by atoms with Gasteiger partial charge < -0.3 is 20.1 Å². The molecule has 1 heterocycles. The fourth-order valence-corrected chi connectivity index (χ4v) is 1.91. The van der Waals surface area contributed by atoms with Crippen LogP contribution in [0.2, 0.25) is 0 Å². The van der Waals surface area contributed by atoms with Crippen LogP contribution in [-0.2, 0) is 0 Å². The van der Waals surface area contributed by atoms with Crippen molar-refractivity contribution in [1.29, 1.82) is 0 Å². The van der Waals surface area contributed by atoms with Crippen LogP contribution in [0.1, 0.15) is 11.6 Å². The molecule has 1 aliphatic rings. The standard InChI is InChI=1S/C12H18N2O2/c1-14(2)10(8-13)9-3-4-11-12(7-9)16-6-5-15-11/h3-4,7,10H,5-6,8,13H2,1-2H3. The number of fused-ring (bicyclic) bond motifs is 1. The van der Waals surface area contributed by atoms with E-state index >= 15 is 0 Å². The first-order valence-electron chi connectivity index (χ1n) is 5.48. The monoisotopic (exact) mass is 222 g/mol. The van der Waals surface area contributed by atoms with Crippen molar-refractivity contribution in [2.24, 2.45) is 5.73 Å². The molecule has 16 heavy (non-hydrogen) atoms. The average molecular weight is 222 g/mol. The lowest BCUT2D eigenvalue weighted by Gasteiger charge is -2.25. The van der Waals surface area contributed by atoms with Crippen molar-refractivity contribution in [2.45, 2.75) is 6.04 Å². The molecule has 0 radical (unpaired) electrons. The van der Waals surface area contributed by atoms with Gasteiger partial charge in [-0.05, 0) is 31.8 Å². The maximum atomic E-state index is 5.77. The number of nitrogens with zero attached hydrogens (tertiary/aromatic N) is 1. The summed E-state index contributed by atoms with van der Waals surface area (Å²) in [5, 5.41) is 0. The van der Waals surface area contributed by atoms with Gasteiger partial charge in [-0.3, -0.25) is 0 Å². The summed E-state index contributed by atoms with van der Waals surface area (Å²) >= 11 is 0. The molecule has 4 nitrogen and oxygen atoms in total. The molecule has 0 aliphatic carbocycles. The maximum Gasteiger partial charge on any atom is 0.161 e. The Hall–Kier alpha value is -1.26. The zero-order valence-electron chi connectivity index (χ0n) is 9.77. The predicted octanol–water partition coefficient (Wildman–Crippen LogP) is 1.02. The molecular formula is C12H18N2O2. The quantitative estimate of drug-likeness (QED) is 0.829. The third-order valence-corrected chi connectivity index (χ3v) is 2.80. The summed E-state index contributed by atoms with van der Waals surface area (Å²) in [5.41, 5.74) is 6.93. The van der Waals surface area contributed by atoms with Crippen molar-refractivity contribution in [3.05, 3.63) is 23.8 Å². The Morgan fingerprint density at radius 2 is 1.94 bits per heavy atom. The van der Waals surface area contributed by atoms with E-state index in [0.29, 0.717) is 19.8 Å². The Balaban J connectivity index is 2.28. The van der Waals surface area contributed by atoms with Gasteiger partial charge in [0.15, 0.2) is 11.5 Å². The number of hydrogen-bond donors (Lipinski definition) is 1. The Kier molecular flexibility index (Phi) is 3.31. The Bertz CT molecular complexity index is 366. The smallest absolute Gasteiger partial charge is 0.161 e. The highest BCUT2D eigenvalue weighted by Gasteiger charge is 2.17. The van der Waals surface area contributed by atoms with Gasteiger partial charge in [-0.25, -0.2) is 0 Å². The zero-order chi connectivity index (χ0) is 11.5. The zero-order valence-corrected chi connectivity index (χ0v) is 9.77. The van der Waals surface area contributed by atoms with Gasteiger partial charge in [0.05, 0.1) is 0 Å². The maximum absolute atomic E-state index is 5.77. The number of rotatable bonds is 3. The van der Waals surface area contributed by atoms with E-state index in [-0.39, 0.29) is 6.04 Å². The van der Waals surface area contributed by atoms with Gasteiger partial charge in [0.1, 0.15) is 13.2 Å². The van der Waals surface area contributed by atoms with E-state index in [9.17, 15) is 0 Å². The van der Waals surface area contributed by atoms with Crippen LogP contribution in [0.3, 0.4) is 0 Å². The molecule has 1 unspecified atom stereocenters. The van der Waals surface area contributed by atoms with Crippen molar-refractivity contribution in [2.75, 3.05) is 33.9 Å². The fourth-order valence-electron chi connectivity index (χ4n) is 1.91. The van der Waals surface area contributed by atoms with Crippen molar-refractivity contribution in [1.82, 2.24) is 4.90 Å². The van der Waals surface area contributed by atoms with Gasteiger partial charge >= 0.3 is 0 Å². The van der Waals surface area contributed by atoms with E-state index in [2.05, 4.69) is 4.90 Å². The minimum atomic E-state index is 0.218. The first-order chi connectivity index (χ1) is 7.72. The topological polar surface area (TPSA) is 47.7 Å². The van der Waals surface area contributed by atoms with Gasteiger partial charge in [-0.15, -0.1) is 0 Å². The second kappa shape index (κ2) is 4.72. The van der Waals surface area contributed by atoms with Gasteiger partial charge in [0.25, 0.3) is 0 Å². The van der Waals surface area contributed by atoms with Crippen molar-refractivity contribution in [3.8, 4) is 11.5 Å². The molecule has 0 saturated heterocycles. The van der Waals surface area contributed by atoms with Crippen LogP contribution in [0.4, 0.5) is 0 Å². The minimum Gasteiger partial charge on any atom is -0.486 e. The molecule has 0 aromatic heterocycles. The number of benzene rings is 1. The average Bonchev–Trinajstić information content (AvgIpc) is 2.29. The summed E-state index contributed by atoms with van der Waals surface area (Å²) in [5.74, 6) is 1.65. The Morgan fingerprint density at radius 3 is 2.56 bits per heavy atom. The lowest BCUT2D eigenvalue weighted by atomic mass is 10.1. The van der Waals surface area contributed by atoms with Crippen LogP contribution in [-0.4, -0.2) is 38.8 Å². The molecule has 2 rings (SSSR count). The summed E-state index contributed by atoms with van der Waals surface area (Å²) < 4.78 is 11.0. The molecule has 0 amide bonds. The summed E-state index contributed by atoms with van der Waals surface area (Å²) in [6, 6.07) is 6.24. The van der Waals surface area contributed by atoms with Gasteiger partial charge in [0, 0.05) is 12.6 Å². The van der Waals surface area contributed by atoms with Crippen molar-refractivity contribution >= 4 is 0 Å². The van der Waals surface area contributed by atoms with Crippen LogP contribution in [0, 0.1) is 0 Å². The van der Waals surface area contributed by atoms with Crippen molar-refractivity contribution < 1.29 is 9.47 Å². The van der Waals surface area contributed by atoms with Crippen LogP contribution >= 0.6 is 0 Å². The Labute approximate surface area is 95.9 Å². The van der Waals surface area contributed by atoms with Gasteiger partial charge in [-0.2, -0.15) is 0 Å². The highest BCUT2D eigenvalue weighted by molar-refractivity contribution is 5.44. The van der Waals surface area contributed by atoms with E-state index < -0.39 is 0 Å². The molecule has 4 heteroatoms. The molecule has 1 aromatic rings. The van der Waals surface area contributed by atoms with Crippen LogP contribution in [0.25, 0.3) is 0 Å². The first kappa shape index (κ1) is 11.2. The van der Waals surface area contributed by atoms with E-state index in [4.69, 9.17) is 15.2 Å². The van der Waals surface area contributed by atoms with Crippen LogP contribution in [0.15, 0.2) is 18.2 Å². The third kappa shape index (κ3) is 2.13. The molecule has 2 N–H and O–H groups in total. The number of hydrogen-bond acceptors (Lipinski definition) is 4.